The molecule has 2 aromatic carbocycles. The van der Waals surface area contributed by atoms with Gasteiger partial charge in [-0.1, -0.05) is 58.4 Å². The topological polar surface area (TPSA) is 64.3 Å². The number of carbonyl (C=O) groups is 1. The number of hydrogen-bond donors (Lipinski definition) is 2. The molecule has 0 saturated carbocycles. The van der Waals surface area contributed by atoms with Crippen LogP contribution < -0.4 is 5.32 Å². The molecular weight excluding hydrogens is 430 g/mol. The van der Waals surface area contributed by atoms with E-state index in [0.717, 1.165) is 49.0 Å². The summed E-state index contributed by atoms with van der Waals surface area (Å²) in [6.07, 6.45) is 0. The first-order chi connectivity index (χ1) is 14.1. The summed E-state index contributed by atoms with van der Waals surface area (Å²) in [4.78, 5) is 17.6. The van der Waals surface area contributed by atoms with Crippen molar-refractivity contribution in [1.29, 1.82) is 0 Å². The normalized spacial score (nSPS) is 18.6. The van der Waals surface area contributed by atoms with Gasteiger partial charge in [-0.25, -0.2) is 0 Å². The smallest absolute Gasteiger partial charge is 0.272 e. The van der Waals surface area contributed by atoms with Crippen LogP contribution >= 0.6 is 15.9 Å². The van der Waals surface area contributed by atoms with Gasteiger partial charge in [0.1, 0.15) is 0 Å². The summed E-state index contributed by atoms with van der Waals surface area (Å²) in [7, 11) is 2.11. The molecular formula is C22H26BrN5O. The predicted octanol–water partition coefficient (Wildman–Crippen LogP) is 3.00. The highest BCUT2D eigenvalue weighted by atomic mass is 79.9. The third kappa shape index (κ3) is 4.86. The molecule has 1 unspecified atom stereocenters. The Balaban J connectivity index is 1.44. The minimum absolute atomic E-state index is 0.0484. The van der Waals surface area contributed by atoms with Crippen LogP contribution in [0.1, 0.15) is 21.6 Å². The molecule has 1 saturated heterocycles. The van der Waals surface area contributed by atoms with E-state index in [9.17, 15) is 4.79 Å². The zero-order valence-corrected chi connectivity index (χ0v) is 18.2. The van der Waals surface area contributed by atoms with Gasteiger partial charge in [-0.2, -0.15) is 5.10 Å². The van der Waals surface area contributed by atoms with Crippen molar-refractivity contribution in [2.24, 2.45) is 0 Å². The van der Waals surface area contributed by atoms with Gasteiger partial charge in [0.25, 0.3) is 5.91 Å². The number of nitrogens with one attached hydrogen (secondary N) is 2. The fraction of sp³-hybridized carbons (Fsp3) is 0.364. The monoisotopic (exact) mass is 455 g/mol. The van der Waals surface area contributed by atoms with Crippen molar-refractivity contribution in [2.75, 3.05) is 33.2 Å². The molecule has 1 amide bonds. The lowest BCUT2D eigenvalue weighted by atomic mass is 10.1. The number of alkyl halides is 1. The number of para-hydroxylation sites is 1. The lowest BCUT2D eigenvalue weighted by Crippen LogP contribution is -2.46. The van der Waals surface area contributed by atoms with E-state index in [4.69, 9.17) is 0 Å². The molecule has 152 valence electrons. The van der Waals surface area contributed by atoms with Gasteiger partial charge in [0.05, 0.1) is 11.6 Å². The van der Waals surface area contributed by atoms with E-state index in [-0.39, 0.29) is 11.9 Å². The Hall–Kier alpha value is -2.22. The largest absolute Gasteiger partial charge is 0.345 e. The van der Waals surface area contributed by atoms with Crippen molar-refractivity contribution >= 4 is 32.7 Å². The number of benzene rings is 2. The Morgan fingerprint density at radius 1 is 1.14 bits per heavy atom. The third-order valence-electron chi connectivity index (χ3n) is 5.41. The number of rotatable bonds is 5. The second kappa shape index (κ2) is 9.07. The Morgan fingerprint density at radius 2 is 1.90 bits per heavy atom. The molecule has 1 atom stereocenters. The number of amides is 1. The average molecular weight is 456 g/mol. The van der Waals surface area contributed by atoms with Crippen LogP contribution in [0, 0.1) is 0 Å². The molecule has 1 aromatic heterocycles. The molecule has 1 aliphatic heterocycles. The number of carbonyl (C=O) groups excluding carboxylic acids is 1. The Labute approximate surface area is 179 Å². The summed E-state index contributed by atoms with van der Waals surface area (Å²) in [6.45, 7) is 4.49. The summed E-state index contributed by atoms with van der Waals surface area (Å²) >= 11 is 3.50. The molecule has 1 fully saturated rings. The summed E-state index contributed by atoms with van der Waals surface area (Å²) in [5.74, 6) is -0.121. The van der Waals surface area contributed by atoms with Gasteiger partial charge in [0, 0.05) is 43.4 Å². The van der Waals surface area contributed by atoms with E-state index >= 15 is 0 Å². The zero-order valence-electron chi connectivity index (χ0n) is 16.6. The maximum absolute atomic E-state index is 12.9. The molecule has 4 rings (SSSR count). The molecule has 3 aromatic rings. The van der Waals surface area contributed by atoms with Gasteiger partial charge in [0.2, 0.25) is 0 Å². The van der Waals surface area contributed by atoms with Crippen LogP contribution in [0.25, 0.3) is 10.9 Å². The van der Waals surface area contributed by atoms with Crippen LogP contribution in [0.4, 0.5) is 0 Å². The maximum Gasteiger partial charge on any atom is 0.272 e. The van der Waals surface area contributed by atoms with Crippen molar-refractivity contribution in [3.63, 3.8) is 0 Å². The van der Waals surface area contributed by atoms with Gasteiger partial charge in [-0.15, -0.1) is 0 Å². The van der Waals surface area contributed by atoms with Crippen LogP contribution in [0.5, 0.6) is 0 Å². The first-order valence-corrected chi connectivity index (χ1v) is 11.0. The Kier molecular flexibility index (Phi) is 6.28. The van der Waals surface area contributed by atoms with E-state index in [1.165, 1.54) is 11.1 Å². The minimum Gasteiger partial charge on any atom is -0.345 e. The molecule has 0 aliphatic carbocycles. The van der Waals surface area contributed by atoms with Gasteiger partial charge in [-0.05, 0) is 24.2 Å². The van der Waals surface area contributed by atoms with Crippen LogP contribution in [0.15, 0.2) is 48.5 Å². The number of likely N-dealkylation sites (N-methyl/N-ethyl adjacent to an activating group) is 1. The lowest BCUT2D eigenvalue weighted by molar-refractivity contribution is 0.0920. The Morgan fingerprint density at radius 3 is 2.69 bits per heavy atom. The summed E-state index contributed by atoms with van der Waals surface area (Å²) in [5.41, 5.74) is 3.91. The van der Waals surface area contributed by atoms with E-state index in [1.807, 2.05) is 24.3 Å². The Bertz CT molecular complexity index is 971. The summed E-state index contributed by atoms with van der Waals surface area (Å²) in [5, 5.41) is 12.1. The maximum atomic E-state index is 12.9. The third-order valence-corrected chi connectivity index (χ3v) is 6.06. The van der Waals surface area contributed by atoms with Gasteiger partial charge >= 0.3 is 0 Å². The first kappa shape index (κ1) is 20.1. The van der Waals surface area contributed by atoms with Crippen LogP contribution in [0.2, 0.25) is 0 Å². The number of aromatic amines is 1. The second-order valence-electron chi connectivity index (χ2n) is 7.74. The van der Waals surface area contributed by atoms with Crippen molar-refractivity contribution < 1.29 is 4.79 Å². The number of aromatic nitrogens is 2. The van der Waals surface area contributed by atoms with Crippen LogP contribution in [-0.4, -0.2) is 65.2 Å². The number of halogens is 1. The van der Waals surface area contributed by atoms with Gasteiger partial charge in [0.15, 0.2) is 5.69 Å². The molecule has 2 N–H and O–H groups in total. The summed E-state index contributed by atoms with van der Waals surface area (Å²) in [6, 6.07) is 16.5. The van der Waals surface area contributed by atoms with Crippen molar-refractivity contribution in [3.8, 4) is 0 Å². The van der Waals surface area contributed by atoms with Gasteiger partial charge < -0.3 is 10.2 Å². The molecule has 0 spiro atoms. The molecule has 2 heterocycles. The highest BCUT2D eigenvalue weighted by Gasteiger charge is 2.24. The van der Waals surface area contributed by atoms with Crippen molar-refractivity contribution in [3.05, 3.63) is 65.4 Å². The highest BCUT2D eigenvalue weighted by molar-refractivity contribution is 9.08. The highest BCUT2D eigenvalue weighted by Crippen LogP contribution is 2.16. The van der Waals surface area contributed by atoms with E-state index < -0.39 is 0 Å². The molecule has 1 aliphatic rings. The molecule has 29 heavy (non-hydrogen) atoms. The van der Waals surface area contributed by atoms with Crippen molar-refractivity contribution in [2.45, 2.75) is 17.9 Å². The number of H-pyrrole nitrogens is 1. The van der Waals surface area contributed by atoms with E-state index in [2.05, 4.69) is 72.6 Å². The zero-order chi connectivity index (χ0) is 20.2. The summed E-state index contributed by atoms with van der Waals surface area (Å²) < 4.78 is 0. The quantitative estimate of drug-likeness (QED) is 0.580. The number of nitrogens with zero attached hydrogens (tertiary/aromatic N) is 3. The van der Waals surface area contributed by atoms with Crippen molar-refractivity contribution in [1.82, 2.24) is 25.3 Å². The molecule has 0 bridgehead atoms. The predicted molar refractivity (Wildman–Crippen MR) is 119 cm³/mol. The fourth-order valence-corrected chi connectivity index (χ4v) is 4.23. The fourth-order valence-electron chi connectivity index (χ4n) is 3.86. The van der Waals surface area contributed by atoms with Gasteiger partial charge in [-0.3, -0.25) is 14.8 Å². The SMILES string of the molecule is CN1CCN(Cc2ccc(CBr)cc2)CC(NC(=O)c2n[nH]c3ccccc23)C1. The molecule has 6 nitrogen and oxygen atoms in total. The average Bonchev–Trinajstić information content (AvgIpc) is 3.09. The van der Waals surface area contributed by atoms with Crippen LogP contribution in [-0.2, 0) is 11.9 Å². The van der Waals surface area contributed by atoms with E-state index in [0.29, 0.717) is 5.69 Å². The second-order valence-corrected chi connectivity index (χ2v) is 8.30. The first-order valence-electron chi connectivity index (χ1n) is 9.91. The molecule has 7 heteroatoms. The molecule has 0 radical (unpaired) electrons. The minimum atomic E-state index is -0.121. The number of hydrogen-bond acceptors (Lipinski definition) is 4. The van der Waals surface area contributed by atoms with E-state index in [1.54, 1.807) is 0 Å². The lowest BCUT2D eigenvalue weighted by Gasteiger charge is -2.24. The van der Waals surface area contributed by atoms with Crippen LogP contribution in [0.3, 0.4) is 0 Å². The standard InChI is InChI=1S/C22H26BrN5O/c1-27-10-11-28(13-17-8-6-16(12-23)7-9-17)15-18(14-27)24-22(29)21-19-4-2-3-5-20(19)25-26-21/h2-9,18H,10-15H2,1H3,(H,24,29)(H,25,26). The number of fused-ring (bicyclic) bond motifs is 1.